The molecule has 0 radical (unpaired) electrons. The minimum atomic E-state index is -1.38. The van der Waals surface area contributed by atoms with Crippen LogP contribution >= 0.6 is 0 Å². The topological polar surface area (TPSA) is 161 Å². The van der Waals surface area contributed by atoms with Crippen molar-refractivity contribution in [2.24, 2.45) is 29.4 Å². The first-order chi connectivity index (χ1) is 18.8. The van der Waals surface area contributed by atoms with Crippen LogP contribution < -0.4 is 15.2 Å². The van der Waals surface area contributed by atoms with Gasteiger partial charge in [0.25, 0.3) is 0 Å². The SMILES string of the molecule is CCC(C)COC(=O)Oc1ccc(C(C(C)COC(=O)C(C)CC)[C@H](N)C(=O)O)cc1OC(=O)OCC(C)CC. The van der Waals surface area contributed by atoms with E-state index < -0.39 is 42.1 Å². The third-order valence-corrected chi connectivity index (χ3v) is 6.89. The highest BCUT2D eigenvalue weighted by Crippen LogP contribution is 2.36. The van der Waals surface area contributed by atoms with Gasteiger partial charge in [-0.1, -0.05) is 67.4 Å². The highest BCUT2D eigenvalue weighted by molar-refractivity contribution is 5.75. The zero-order valence-electron chi connectivity index (χ0n) is 24.6. The quantitative estimate of drug-likeness (QED) is 0.147. The molecular weight excluding hydrogens is 522 g/mol. The zero-order chi connectivity index (χ0) is 30.4. The number of carboxylic acid groups (broad SMARTS) is 1. The van der Waals surface area contributed by atoms with Crippen LogP contribution in [-0.2, 0) is 23.8 Å². The molecule has 0 aliphatic heterocycles. The number of carbonyl (C=O) groups is 4. The van der Waals surface area contributed by atoms with Crippen molar-refractivity contribution in [2.45, 2.75) is 79.7 Å². The Morgan fingerprint density at radius 3 is 1.77 bits per heavy atom. The van der Waals surface area contributed by atoms with Crippen molar-refractivity contribution >= 4 is 24.2 Å². The van der Waals surface area contributed by atoms with Gasteiger partial charge in [-0.05, 0) is 41.9 Å². The number of carbonyl (C=O) groups excluding carboxylic acids is 3. The van der Waals surface area contributed by atoms with Gasteiger partial charge in [-0.25, -0.2) is 9.59 Å². The predicted molar refractivity (Wildman–Crippen MR) is 147 cm³/mol. The summed E-state index contributed by atoms with van der Waals surface area (Å²) in [6.45, 7) is 13.2. The number of rotatable bonds is 16. The average Bonchev–Trinajstić information content (AvgIpc) is 2.93. The van der Waals surface area contributed by atoms with Crippen LogP contribution in [0.5, 0.6) is 11.5 Å². The van der Waals surface area contributed by atoms with Crippen molar-refractivity contribution in [3.63, 3.8) is 0 Å². The van der Waals surface area contributed by atoms with Gasteiger partial charge in [0.15, 0.2) is 11.5 Å². The normalized spacial score (nSPS) is 15.5. The van der Waals surface area contributed by atoms with Crippen LogP contribution in [0, 0.1) is 23.7 Å². The maximum Gasteiger partial charge on any atom is 0.513 e. The number of esters is 1. The standard InChI is InChI=1S/C29H45NO10/c1-8-17(4)14-37-28(34)39-22-12-11-21(13-23(22)40-29(35)38-15-18(5)9-2)24(25(30)26(31)32)20(7)16-36-27(33)19(6)10-3/h11-13,17-20,24-25H,8-10,14-16,30H2,1-7H3,(H,31,32)/t17?,18?,19?,20?,24?,25-/m0/s1. The van der Waals surface area contributed by atoms with E-state index in [9.17, 15) is 24.3 Å². The number of nitrogens with two attached hydrogens (primary N) is 1. The van der Waals surface area contributed by atoms with Crippen molar-refractivity contribution in [1.82, 2.24) is 0 Å². The molecule has 1 aromatic rings. The molecule has 11 nitrogen and oxygen atoms in total. The van der Waals surface area contributed by atoms with E-state index in [4.69, 9.17) is 29.4 Å². The van der Waals surface area contributed by atoms with Crippen molar-refractivity contribution in [3.8, 4) is 11.5 Å². The molecular formula is C29H45NO10. The van der Waals surface area contributed by atoms with Gasteiger partial charge < -0.3 is 34.5 Å². The second kappa shape index (κ2) is 17.4. The van der Waals surface area contributed by atoms with Gasteiger partial charge in [0.2, 0.25) is 0 Å². The van der Waals surface area contributed by atoms with Crippen LogP contribution in [-0.4, -0.2) is 55.2 Å². The van der Waals surface area contributed by atoms with E-state index in [0.29, 0.717) is 12.0 Å². The van der Waals surface area contributed by atoms with Gasteiger partial charge in [-0.2, -0.15) is 0 Å². The summed E-state index contributed by atoms with van der Waals surface area (Å²) in [5, 5.41) is 9.70. The summed E-state index contributed by atoms with van der Waals surface area (Å²) >= 11 is 0. The first-order valence-electron chi connectivity index (χ1n) is 13.8. The molecule has 1 rings (SSSR count). The highest BCUT2D eigenvalue weighted by Gasteiger charge is 2.33. The van der Waals surface area contributed by atoms with Crippen molar-refractivity contribution < 1.29 is 48.0 Å². The number of aliphatic carboxylic acids is 1. The molecule has 0 aliphatic carbocycles. The van der Waals surface area contributed by atoms with Gasteiger partial charge in [-0.3, -0.25) is 9.59 Å². The predicted octanol–water partition coefficient (Wildman–Crippen LogP) is 5.53. The molecule has 6 atom stereocenters. The molecule has 0 amide bonds. The van der Waals surface area contributed by atoms with Gasteiger partial charge >= 0.3 is 24.2 Å². The van der Waals surface area contributed by atoms with Crippen LogP contribution in [0.2, 0.25) is 0 Å². The number of hydrogen-bond donors (Lipinski definition) is 2. The summed E-state index contributed by atoms with van der Waals surface area (Å²) in [6, 6.07) is 2.85. The van der Waals surface area contributed by atoms with E-state index in [2.05, 4.69) is 0 Å². The molecule has 0 saturated heterocycles. The average molecular weight is 568 g/mol. The Hall–Kier alpha value is -3.34. The third-order valence-electron chi connectivity index (χ3n) is 6.89. The second-order valence-corrected chi connectivity index (χ2v) is 10.4. The second-order valence-electron chi connectivity index (χ2n) is 10.4. The summed E-state index contributed by atoms with van der Waals surface area (Å²) in [7, 11) is 0. The van der Waals surface area contributed by atoms with E-state index in [0.717, 1.165) is 12.8 Å². The highest BCUT2D eigenvalue weighted by atomic mass is 16.7. The van der Waals surface area contributed by atoms with Crippen molar-refractivity contribution in [2.75, 3.05) is 19.8 Å². The van der Waals surface area contributed by atoms with E-state index >= 15 is 0 Å². The summed E-state index contributed by atoms with van der Waals surface area (Å²) < 4.78 is 26.4. The Balaban J connectivity index is 3.33. The Labute approximate surface area is 236 Å². The van der Waals surface area contributed by atoms with E-state index in [1.807, 2.05) is 34.6 Å². The lowest BCUT2D eigenvalue weighted by Gasteiger charge is -2.28. The van der Waals surface area contributed by atoms with Crippen LogP contribution in [0.3, 0.4) is 0 Å². The molecule has 3 N–H and O–H groups in total. The Morgan fingerprint density at radius 2 is 1.30 bits per heavy atom. The zero-order valence-corrected chi connectivity index (χ0v) is 24.6. The van der Waals surface area contributed by atoms with Gasteiger partial charge in [-0.15, -0.1) is 0 Å². The lowest BCUT2D eigenvalue weighted by Crippen LogP contribution is -2.40. The lowest BCUT2D eigenvalue weighted by atomic mass is 9.82. The molecule has 0 saturated carbocycles. The molecule has 5 unspecified atom stereocenters. The fourth-order valence-corrected chi connectivity index (χ4v) is 3.46. The Morgan fingerprint density at radius 1 is 0.775 bits per heavy atom. The number of benzene rings is 1. The molecule has 0 aliphatic rings. The third kappa shape index (κ3) is 11.4. The van der Waals surface area contributed by atoms with Crippen LogP contribution in [0.4, 0.5) is 9.59 Å². The molecule has 1 aromatic carbocycles. The molecule has 226 valence electrons. The fourth-order valence-electron chi connectivity index (χ4n) is 3.46. The monoisotopic (exact) mass is 567 g/mol. The largest absolute Gasteiger partial charge is 0.513 e. The van der Waals surface area contributed by atoms with Gasteiger partial charge in [0.1, 0.15) is 6.04 Å². The van der Waals surface area contributed by atoms with Crippen LogP contribution in [0.1, 0.15) is 79.2 Å². The molecule has 0 fully saturated rings. The Kier molecular flexibility index (Phi) is 15.1. The Bertz CT molecular complexity index is 982. The van der Waals surface area contributed by atoms with Gasteiger partial charge in [0.05, 0.1) is 25.7 Å². The van der Waals surface area contributed by atoms with Gasteiger partial charge in [0, 0.05) is 5.92 Å². The van der Waals surface area contributed by atoms with E-state index in [-0.39, 0.29) is 49.1 Å². The summed E-state index contributed by atoms with van der Waals surface area (Å²) in [6.07, 6.45) is 0.169. The molecule has 0 spiro atoms. The van der Waals surface area contributed by atoms with E-state index in [1.54, 1.807) is 13.8 Å². The maximum atomic E-state index is 12.5. The molecule has 11 heteroatoms. The summed E-state index contributed by atoms with van der Waals surface area (Å²) in [4.78, 5) is 48.9. The molecule has 0 bridgehead atoms. The fraction of sp³-hybridized carbons (Fsp3) is 0.655. The van der Waals surface area contributed by atoms with Crippen LogP contribution in [0.25, 0.3) is 0 Å². The summed E-state index contributed by atoms with van der Waals surface area (Å²) in [5.74, 6) is -3.45. The maximum absolute atomic E-state index is 12.5. The minimum absolute atomic E-state index is 0.0812. The number of ether oxygens (including phenoxy) is 5. The molecule has 0 heterocycles. The van der Waals surface area contributed by atoms with E-state index in [1.165, 1.54) is 18.2 Å². The first kappa shape index (κ1) is 34.7. The van der Waals surface area contributed by atoms with Crippen molar-refractivity contribution in [3.05, 3.63) is 23.8 Å². The molecule has 40 heavy (non-hydrogen) atoms. The smallest absolute Gasteiger partial charge is 0.480 e. The van der Waals surface area contributed by atoms with Crippen molar-refractivity contribution in [1.29, 1.82) is 0 Å². The number of hydrogen-bond acceptors (Lipinski definition) is 10. The lowest BCUT2D eigenvalue weighted by molar-refractivity contribution is -0.149. The minimum Gasteiger partial charge on any atom is -0.480 e. The summed E-state index contributed by atoms with van der Waals surface area (Å²) in [5.41, 5.74) is 6.42. The molecule has 0 aromatic heterocycles. The first-order valence-corrected chi connectivity index (χ1v) is 13.8. The number of carboxylic acids is 1. The van der Waals surface area contributed by atoms with Crippen LogP contribution in [0.15, 0.2) is 18.2 Å².